The zero-order valence-corrected chi connectivity index (χ0v) is 10.3. The number of nitrogens with two attached hydrogens (primary N) is 1. The maximum Gasteiger partial charge on any atom is 0.320 e. The fourth-order valence-corrected chi connectivity index (χ4v) is 1.26. The standard InChI is InChI=1S/C12H10.C3H7NO2/c1-3-7-11(8-4-1)12-9-5-2-6-10-12;1-2(4)3(5)6/h1-10H;2H,4H2,1H3,(H,5,6). The first kappa shape index (κ1) is 13.9. The third kappa shape index (κ3) is 4.80. The smallest absolute Gasteiger partial charge is 0.320 e. The van der Waals surface area contributed by atoms with Gasteiger partial charge in [0.25, 0.3) is 0 Å². The van der Waals surface area contributed by atoms with E-state index < -0.39 is 12.0 Å². The van der Waals surface area contributed by atoms with Gasteiger partial charge < -0.3 is 10.8 Å². The van der Waals surface area contributed by atoms with Crippen molar-refractivity contribution >= 4 is 5.97 Å². The maximum atomic E-state index is 9.57. The van der Waals surface area contributed by atoms with Gasteiger partial charge in [-0.3, -0.25) is 4.79 Å². The highest BCUT2D eigenvalue weighted by Crippen LogP contribution is 2.17. The van der Waals surface area contributed by atoms with Crippen LogP contribution in [0.3, 0.4) is 0 Å². The van der Waals surface area contributed by atoms with Crippen molar-refractivity contribution in [3.05, 3.63) is 60.7 Å². The van der Waals surface area contributed by atoms with Gasteiger partial charge in [0.1, 0.15) is 6.04 Å². The summed E-state index contributed by atoms with van der Waals surface area (Å²) in [4.78, 5) is 9.57. The molecule has 2 aromatic carbocycles. The molecule has 0 saturated heterocycles. The maximum absolute atomic E-state index is 9.57. The minimum atomic E-state index is -0.963. The first-order chi connectivity index (χ1) is 8.61. The van der Waals surface area contributed by atoms with E-state index in [1.54, 1.807) is 0 Å². The van der Waals surface area contributed by atoms with Crippen molar-refractivity contribution in [2.75, 3.05) is 0 Å². The highest BCUT2D eigenvalue weighted by atomic mass is 16.4. The zero-order valence-electron chi connectivity index (χ0n) is 10.3. The molecule has 0 saturated carbocycles. The van der Waals surface area contributed by atoms with Gasteiger partial charge in [-0.1, -0.05) is 60.7 Å². The van der Waals surface area contributed by atoms with Gasteiger partial charge in [0, 0.05) is 0 Å². The molecular formula is C15H17NO2. The summed E-state index contributed by atoms with van der Waals surface area (Å²) >= 11 is 0. The quantitative estimate of drug-likeness (QED) is 0.852. The Bertz CT molecular complexity index is 429. The molecule has 2 aromatic rings. The van der Waals surface area contributed by atoms with Gasteiger partial charge in [-0.05, 0) is 18.1 Å². The van der Waals surface area contributed by atoms with Crippen LogP contribution in [0.25, 0.3) is 11.1 Å². The summed E-state index contributed by atoms with van der Waals surface area (Å²) in [6, 6.07) is 20.0. The highest BCUT2D eigenvalue weighted by Gasteiger charge is 1.99. The summed E-state index contributed by atoms with van der Waals surface area (Å²) in [5, 5.41) is 7.87. The molecule has 0 heterocycles. The lowest BCUT2D eigenvalue weighted by atomic mass is 10.1. The van der Waals surface area contributed by atoms with Gasteiger partial charge in [-0.25, -0.2) is 0 Å². The van der Waals surface area contributed by atoms with Gasteiger partial charge >= 0.3 is 5.97 Å². The molecule has 2 rings (SSSR count). The number of rotatable bonds is 2. The Labute approximate surface area is 107 Å². The molecule has 1 atom stereocenters. The van der Waals surface area contributed by atoms with Crippen molar-refractivity contribution in [1.82, 2.24) is 0 Å². The molecule has 0 radical (unpaired) electrons. The number of carboxylic acid groups (broad SMARTS) is 1. The van der Waals surface area contributed by atoms with Crippen LogP contribution in [0.1, 0.15) is 6.92 Å². The van der Waals surface area contributed by atoms with Crippen molar-refractivity contribution in [2.45, 2.75) is 13.0 Å². The SMILES string of the molecule is CC(N)C(=O)O.c1ccc(-c2ccccc2)cc1. The van der Waals surface area contributed by atoms with E-state index in [1.807, 2.05) is 12.1 Å². The van der Waals surface area contributed by atoms with Crippen LogP contribution in [0.4, 0.5) is 0 Å². The minimum absolute atomic E-state index is 0.731. The Balaban J connectivity index is 0.000000232. The van der Waals surface area contributed by atoms with E-state index in [0.29, 0.717) is 0 Å². The predicted molar refractivity (Wildman–Crippen MR) is 73.2 cm³/mol. The number of aliphatic carboxylic acids is 1. The molecule has 0 aliphatic carbocycles. The third-order valence-electron chi connectivity index (χ3n) is 2.27. The molecule has 1 unspecified atom stereocenters. The number of carbonyl (C=O) groups is 1. The van der Waals surface area contributed by atoms with Crippen LogP contribution in [0.2, 0.25) is 0 Å². The zero-order chi connectivity index (χ0) is 13.4. The number of hydrogen-bond donors (Lipinski definition) is 2. The van der Waals surface area contributed by atoms with Crippen molar-refractivity contribution in [3.63, 3.8) is 0 Å². The summed E-state index contributed by atoms with van der Waals surface area (Å²) in [5.41, 5.74) is 7.39. The molecule has 18 heavy (non-hydrogen) atoms. The van der Waals surface area contributed by atoms with Crippen LogP contribution in [0, 0.1) is 0 Å². The molecule has 0 aliphatic rings. The molecule has 3 nitrogen and oxygen atoms in total. The molecule has 0 aromatic heterocycles. The normalized spacial score (nSPS) is 11.0. The Morgan fingerprint density at radius 1 is 0.944 bits per heavy atom. The topological polar surface area (TPSA) is 63.3 Å². The van der Waals surface area contributed by atoms with E-state index in [-0.39, 0.29) is 0 Å². The average Bonchev–Trinajstić information content (AvgIpc) is 2.41. The summed E-state index contributed by atoms with van der Waals surface area (Å²) < 4.78 is 0. The first-order valence-electron chi connectivity index (χ1n) is 5.70. The fraction of sp³-hybridized carbons (Fsp3) is 0.133. The van der Waals surface area contributed by atoms with Crippen molar-refractivity contribution in [1.29, 1.82) is 0 Å². The Morgan fingerprint density at radius 3 is 1.44 bits per heavy atom. The Hall–Kier alpha value is -2.13. The second-order valence-corrected chi connectivity index (χ2v) is 3.86. The Kier molecular flexibility index (Phi) is 5.61. The lowest BCUT2D eigenvalue weighted by Crippen LogP contribution is -2.25. The molecule has 0 aliphatic heterocycles. The van der Waals surface area contributed by atoms with Crippen molar-refractivity contribution < 1.29 is 9.90 Å². The van der Waals surface area contributed by atoms with Crippen LogP contribution < -0.4 is 5.73 Å². The van der Waals surface area contributed by atoms with Crippen LogP contribution in [-0.4, -0.2) is 17.1 Å². The van der Waals surface area contributed by atoms with Gasteiger partial charge in [-0.2, -0.15) is 0 Å². The van der Waals surface area contributed by atoms with Crippen molar-refractivity contribution in [2.24, 2.45) is 5.73 Å². The van der Waals surface area contributed by atoms with E-state index in [2.05, 4.69) is 48.5 Å². The van der Waals surface area contributed by atoms with E-state index >= 15 is 0 Å². The molecule has 0 bridgehead atoms. The van der Waals surface area contributed by atoms with Crippen molar-refractivity contribution in [3.8, 4) is 11.1 Å². The van der Waals surface area contributed by atoms with E-state index in [0.717, 1.165) is 0 Å². The minimum Gasteiger partial charge on any atom is -0.480 e. The summed E-state index contributed by atoms with van der Waals surface area (Å²) in [6.45, 7) is 1.42. The number of benzene rings is 2. The van der Waals surface area contributed by atoms with Crippen LogP contribution in [0.15, 0.2) is 60.7 Å². The monoisotopic (exact) mass is 243 g/mol. The first-order valence-corrected chi connectivity index (χ1v) is 5.70. The van der Waals surface area contributed by atoms with Gasteiger partial charge in [0.15, 0.2) is 0 Å². The lowest BCUT2D eigenvalue weighted by Gasteiger charge is -1.98. The van der Waals surface area contributed by atoms with Gasteiger partial charge in [-0.15, -0.1) is 0 Å². The molecule has 3 heteroatoms. The van der Waals surface area contributed by atoms with E-state index in [9.17, 15) is 4.79 Å². The molecule has 0 spiro atoms. The highest BCUT2D eigenvalue weighted by molar-refractivity contribution is 5.72. The predicted octanol–water partition coefficient (Wildman–Crippen LogP) is 2.77. The van der Waals surface area contributed by atoms with Gasteiger partial charge in [0.2, 0.25) is 0 Å². The second-order valence-electron chi connectivity index (χ2n) is 3.86. The van der Waals surface area contributed by atoms with E-state index in [4.69, 9.17) is 10.8 Å². The third-order valence-corrected chi connectivity index (χ3v) is 2.27. The molecule has 94 valence electrons. The average molecular weight is 243 g/mol. The van der Waals surface area contributed by atoms with E-state index in [1.165, 1.54) is 18.1 Å². The second kappa shape index (κ2) is 7.25. The van der Waals surface area contributed by atoms with Crippen LogP contribution in [0.5, 0.6) is 0 Å². The summed E-state index contributed by atoms with van der Waals surface area (Å²) in [7, 11) is 0. The fourth-order valence-electron chi connectivity index (χ4n) is 1.26. The molecule has 3 N–H and O–H groups in total. The van der Waals surface area contributed by atoms with Crippen LogP contribution in [-0.2, 0) is 4.79 Å². The number of carboxylic acids is 1. The van der Waals surface area contributed by atoms with Gasteiger partial charge in [0.05, 0.1) is 0 Å². The molecule has 0 fully saturated rings. The molecular weight excluding hydrogens is 226 g/mol. The lowest BCUT2D eigenvalue weighted by molar-refractivity contribution is -0.138. The van der Waals surface area contributed by atoms with Crippen LogP contribution >= 0.6 is 0 Å². The molecule has 0 amide bonds. The number of hydrogen-bond acceptors (Lipinski definition) is 2. The summed E-state index contributed by atoms with van der Waals surface area (Å²) in [5.74, 6) is -0.963. The summed E-state index contributed by atoms with van der Waals surface area (Å²) in [6.07, 6.45) is 0. The largest absolute Gasteiger partial charge is 0.480 e. The Morgan fingerprint density at radius 2 is 1.22 bits per heavy atom.